The van der Waals surface area contributed by atoms with Gasteiger partial charge in [0.25, 0.3) is 0 Å². The van der Waals surface area contributed by atoms with Gasteiger partial charge in [0.05, 0.1) is 45.6 Å². The zero-order chi connectivity index (χ0) is 44.1. The first-order valence-corrected chi connectivity index (χ1v) is 22.9. The molecule has 12 rings (SSSR count). The Hall–Kier alpha value is -7.56. The van der Waals surface area contributed by atoms with E-state index in [2.05, 4.69) is 187 Å². The van der Waals surface area contributed by atoms with Gasteiger partial charge in [-0.3, -0.25) is 0 Å². The number of aliphatic imine (C=N–C) groups is 4. The Morgan fingerprint density at radius 3 is 1.14 bits per heavy atom. The Bertz CT molecular complexity index is 3240. The zero-order valence-electron chi connectivity index (χ0n) is 37.8. The molecule has 8 aromatic carbocycles. The Balaban J connectivity index is 0.926. The van der Waals surface area contributed by atoms with Crippen LogP contribution in [0, 0.1) is 41.5 Å². The Labute approximate surface area is 381 Å². The lowest BCUT2D eigenvalue weighted by atomic mass is 9.80. The summed E-state index contributed by atoms with van der Waals surface area (Å²) >= 11 is 0. The average molecular weight is 837 g/mol. The van der Waals surface area contributed by atoms with Gasteiger partial charge in [-0.1, -0.05) is 146 Å². The number of nitrogens with zero attached hydrogens (tertiary/aromatic N) is 4. The molecule has 0 spiro atoms. The predicted molar refractivity (Wildman–Crippen MR) is 271 cm³/mol. The Morgan fingerprint density at radius 2 is 0.723 bits per heavy atom. The van der Waals surface area contributed by atoms with Crippen LogP contribution in [0.4, 0.5) is 22.7 Å². The SMILES string of the molecule is Cc1cc(Cc2cc(C)c(N=C3C4=Nc5c(C)cccc5Cc5cccc(c54)-c4ccccc43)c(C)c2)cc(C)c1N=C1C2=Nc3c(C)cccc3Cc3cccc(c32)-c2ccccc21. The highest BCUT2D eigenvalue weighted by atomic mass is 14.9. The molecule has 2 heterocycles. The standard InChI is InChI=1S/C61H48N4/c1-34-15-11-19-44-32-42-17-13-25-48-46-21-7-9-23-50(46)58(60(52(42)48)64-56(34)44)62-54-36(3)27-40(28-37(54)4)31-41-29-38(5)55(39(6)30-41)63-59-51-24-10-8-22-47(51)49-26-14-18-43-33-45-20-12-16-35(2)57(45)65-61(59)53(43)49/h7-30H,31-33H2,1-6H3. The number of hydrogen-bond acceptors (Lipinski definition) is 4. The van der Waals surface area contributed by atoms with Crippen molar-refractivity contribution in [3.8, 4) is 22.3 Å². The summed E-state index contributed by atoms with van der Waals surface area (Å²) in [6.45, 7) is 13.2. The quantitative estimate of drug-likeness (QED) is 0.170. The van der Waals surface area contributed by atoms with Gasteiger partial charge in [-0.15, -0.1) is 0 Å². The summed E-state index contributed by atoms with van der Waals surface area (Å²) in [6.07, 6.45) is 2.49. The highest BCUT2D eigenvalue weighted by Gasteiger charge is 2.33. The second-order valence-electron chi connectivity index (χ2n) is 18.5. The van der Waals surface area contributed by atoms with Crippen LogP contribution < -0.4 is 0 Å². The molecule has 312 valence electrons. The fourth-order valence-electron chi connectivity index (χ4n) is 11.1. The topological polar surface area (TPSA) is 49.4 Å². The monoisotopic (exact) mass is 836 g/mol. The minimum Gasteiger partial charge on any atom is -0.246 e. The highest BCUT2D eigenvalue weighted by molar-refractivity contribution is 6.58. The first-order valence-electron chi connectivity index (χ1n) is 22.9. The molecule has 65 heavy (non-hydrogen) atoms. The molecule has 0 saturated carbocycles. The number of hydrogen-bond donors (Lipinski definition) is 0. The van der Waals surface area contributed by atoms with Crippen molar-refractivity contribution < 1.29 is 0 Å². The number of aryl methyl sites for hydroxylation is 6. The van der Waals surface area contributed by atoms with E-state index in [0.717, 1.165) is 98.2 Å². The molecule has 8 aromatic rings. The van der Waals surface area contributed by atoms with E-state index in [1.165, 1.54) is 77.9 Å². The maximum atomic E-state index is 5.61. The summed E-state index contributed by atoms with van der Waals surface area (Å²) in [5.41, 5.74) is 32.1. The molecule has 0 bridgehead atoms. The molecule has 0 saturated heterocycles. The number of fused-ring (bicyclic) bond motifs is 6. The molecule has 2 aliphatic carbocycles. The maximum absolute atomic E-state index is 5.61. The van der Waals surface area contributed by atoms with E-state index in [1.54, 1.807) is 0 Å². The van der Waals surface area contributed by atoms with Crippen molar-refractivity contribution in [2.45, 2.75) is 60.8 Å². The second-order valence-corrected chi connectivity index (χ2v) is 18.5. The lowest BCUT2D eigenvalue weighted by Gasteiger charge is -2.25. The summed E-state index contributed by atoms with van der Waals surface area (Å²) in [6, 6.07) is 53.2. The van der Waals surface area contributed by atoms with Crippen LogP contribution >= 0.6 is 0 Å². The molecule has 0 aromatic heterocycles. The van der Waals surface area contributed by atoms with Gasteiger partial charge in [-0.25, -0.2) is 20.0 Å². The second kappa shape index (κ2) is 15.0. The molecular weight excluding hydrogens is 789 g/mol. The van der Waals surface area contributed by atoms with Crippen molar-refractivity contribution in [1.82, 2.24) is 0 Å². The average Bonchev–Trinajstić information content (AvgIpc) is 3.58. The molecule has 4 aliphatic rings. The van der Waals surface area contributed by atoms with Crippen LogP contribution in [0.3, 0.4) is 0 Å². The van der Waals surface area contributed by atoms with Crippen molar-refractivity contribution in [2.75, 3.05) is 0 Å². The third-order valence-corrected chi connectivity index (χ3v) is 14.0. The summed E-state index contributed by atoms with van der Waals surface area (Å²) in [5, 5.41) is 0. The third-order valence-electron chi connectivity index (χ3n) is 14.0. The zero-order valence-corrected chi connectivity index (χ0v) is 37.8. The summed E-state index contributed by atoms with van der Waals surface area (Å²) in [5.74, 6) is 0. The number of benzene rings is 8. The largest absolute Gasteiger partial charge is 0.246 e. The summed E-state index contributed by atoms with van der Waals surface area (Å²) in [7, 11) is 0. The first kappa shape index (κ1) is 39.1. The Kier molecular flexibility index (Phi) is 9.03. The molecule has 0 unspecified atom stereocenters. The molecule has 0 N–H and O–H groups in total. The molecule has 0 fully saturated rings. The minimum atomic E-state index is 0.807. The number of para-hydroxylation sites is 2. The van der Waals surface area contributed by atoms with E-state index in [1.807, 2.05) is 0 Å². The highest BCUT2D eigenvalue weighted by Crippen LogP contribution is 2.44. The van der Waals surface area contributed by atoms with Crippen LogP contribution in [0.15, 0.2) is 166 Å². The van der Waals surface area contributed by atoms with Crippen LogP contribution in [-0.4, -0.2) is 22.8 Å². The summed E-state index contributed by atoms with van der Waals surface area (Å²) < 4.78 is 0. The van der Waals surface area contributed by atoms with E-state index >= 15 is 0 Å². The fourth-order valence-corrected chi connectivity index (χ4v) is 11.1. The van der Waals surface area contributed by atoms with E-state index in [0.29, 0.717) is 0 Å². The van der Waals surface area contributed by atoms with Gasteiger partial charge >= 0.3 is 0 Å². The predicted octanol–water partition coefficient (Wildman–Crippen LogP) is 14.8. The fraction of sp³-hybridized carbons (Fsp3) is 0.148. The van der Waals surface area contributed by atoms with Gasteiger partial charge in [-0.05, 0) is 137 Å². The molecule has 2 aliphatic heterocycles. The maximum Gasteiger partial charge on any atom is 0.0981 e. The van der Waals surface area contributed by atoms with Crippen LogP contribution in [0.25, 0.3) is 22.3 Å². The van der Waals surface area contributed by atoms with E-state index < -0.39 is 0 Å². The van der Waals surface area contributed by atoms with Gasteiger partial charge in [0.2, 0.25) is 0 Å². The lowest BCUT2D eigenvalue weighted by Crippen LogP contribution is -2.24. The van der Waals surface area contributed by atoms with Gasteiger partial charge in [0.15, 0.2) is 0 Å². The Morgan fingerprint density at radius 1 is 0.369 bits per heavy atom. The lowest BCUT2D eigenvalue weighted by molar-refractivity contribution is 1.14. The molecule has 4 heteroatoms. The molecule has 0 radical (unpaired) electrons. The van der Waals surface area contributed by atoms with Crippen LogP contribution in [-0.2, 0) is 19.3 Å². The molecule has 4 nitrogen and oxygen atoms in total. The van der Waals surface area contributed by atoms with Crippen LogP contribution in [0.2, 0.25) is 0 Å². The van der Waals surface area contributed by atoms with Gasteiger partial charge in [0, 0.05) is 35.1 Å². The molecular formula is C61H48N4. The molecule has 0 atom stereocenters. The van der Waals surface area contributed by atoms with E-state index in [-0.39, 0.29) is 0 Å². The third kappa shape index (κ3) is 6.34. The smallest absolute Gasteiger partial charge is 0.0981 e. The van der Waals surface area contributed by atoms with Gasteiger partial charge < -0.3 is 0 Å². The van der Waals surface area contributed by atoms with Crippen molar-refractivity contribution in [3.63, 3.8) is 0 Å². The van der Waals surface area contributed by atoms with Crippen molar-refractivity contribution in [1.29, 1.82) is 0 Å². The van der Waals surface area contributed by atoms with E-state index in [9.17, 15) is 0 Å². The summed E-state index contributed by atoms with van der Waals surface area (Å²) in [4.78, 5) is 22.2. The van der Waals surface area contributed by atoms with Crippen LogP contribution in [0.5, 0.6) is 0 Å². The van der Waals surface area contributed by atoms with Crippen molar-refractivity contribution >= 4 is 45.6 Å². The first-order chi connectivity index (χ1) is 31.7. The normalized spacial score (nSPS) is 15.1. The minimum absolute atomic E-state index is 0.807. The van der Waals surface area contributed by atoms with E-state index in [4.69, 9.17) is 20.0 Å². The van der Waals surface area contributed by atoms with Crippen LogP contribution in [0.1, 0.15) is 89.0 Å². The van der Waals surface area contributed by atoms with Gasteiger partial charge in [0.1, 0.15) is 0 Å². The van der Waals surface area contributed by atoms with Crippen molar-refractivity contribution in [2.24, 2.45) is 20.0 Å². The molecule has 0 amide bonds. The number of rotatable bonds is 4. The van der Waals surface area contributed by atoms with Gasteiger partial charge in [-0.2, -0.15) is 0 Å². The van der Waals surface area contributed by atoms with Crippen molar-refractivity contribution in [3.05, 3.63) is 235 Å².